The molecule has 1 saturated carbocycles. The molecule has 0 aliphatic heterocycles. The number of rotatable bonds is 3. The lowest BCUT2D eigenvalue weighted by Gasteiger charge is -2.30. The Labute approximate surface area is 142 Å². The summed E-state index contributed by atoms with van der Waals surface area (Å²) in [4.78, 5) is 0.599. The van der Waals surface area contributed by atoms with E-state index in [1.165, 1.54) is 18.2 Å². The standard InChI is InChI=1S/C19H24BrOP/c20-16-8-7-13-19(15-14-16)22(21,17-9-3-1-4-10-17)18-11-5-2-6-12-18/h1-5,9-11,16,19H,6-8,12-15H2. The number of alkyl halides is 1. The first-order valence-corrected chi connectivity index (χ1v) is 11.1. The van der Waals surface area contributed by atoms with Crippen LogP contribution in [0.3, 0.4) is 0 Å². The SMILES string of the molecule is O=P(C1=CC=CCC1)(c1ccccc1)C1CCCC(Br)CC1. The molecule has 0 amide bonds. The molecule has 3 rings (SSSR count). The first-order valence-electron chi connectivity index (χ1n) is 8.37. The van der Waals surface area contributed by atoms with Crippen LogP contribution in [0, 0.1) is 0 Å². The van der Waals surface area contributed by atoms with Crippen molar-refractivity contribution in [3.63, 3.8) is 0 Å². The third kappa shape index (κ3) is 3.34. The van der Waals surface area contributed by atoms with Gasteiger partial charge in [-0.25, -0.2) is 0 Å². The number of hydrogen-bond acceptors (Lipinski definition) is 1. The molecule has 0 aromatic heterocycles. The lowest BCUT2D eigenvalue weighted by molar-refractivity contribution is 0.561. The lowest BCUT2D eigenvalue weighted by Crippen LogP contribution is -2.19. The summed E-state index contributed by atoms with van der Waals surface area (Å²) in [5.74, 6) is 0. The summed E-state index contributed by atoms with van der Waals surface area (Å²) in [6.07, 6.45) is 14.1. The average molecular weight is 379 g/mol. The Kier molecular flexibility index (Phi) is 5.42. The fraction of sp³-hybridized carbons (Fsp3) is 0.474. The van der Waals surface area contributed by atoms with Gasteiger partial charge in [-0.3, -0.25) is 0 Å². The van der Waals surface area contributed by atoms with Gasteiger partial charge in [-0.05, 0) is 43.8 Å². The molecule has 3 heteroatoms. The number of benzene rings is 1. The van der Waals surface area contributed by atoms with Gasteiger partial charge in [0.25, 0.3) is 0 Å². The van der Waals surface area contributed by atoms with Crippen LogP contribution in [-0.2, 0) is 4.57 Å². The van der Waals surface area contributed by atoms with Crippen molar-refractivity contribution in [1.29, 1.82) is 0 Å². The summed E-state index contributed by atoms with van der Waals surface area (Å²) < 4.78 is 14.3. The third-order valence-corrected chi connectivity index (χ3v) is 9.69. The molecule has 0 saturated heterocycles. The minimum absolute atomic E-state index is 0.315. The molecular weight excluding hydrogens is 355 g/mol. The Morgan fingerprint density at radius 1 is 1.05 bits per heavy atom. The highest BCUT2D eigenvalue weighted by molar-refractivity contribution is 9.09. The van der Waals surface area contributed by atoms with Crippen molar-refractivity contribution in [1.82, 2.24) is 0 Å². The molecule has 0 N–H and O–H groups in total. The van der Waals surface area contributed by atoms with E-state index in [1.807, 2.05) is 18.2 Å². The van der Waals surface area contributed by atoms with Gasteiger partial charge in [0.15, 0.2) is 0 Å². The maximum absolute atomic E-state index is 14.3. The zero-order valence-electron chi connectivity index (χ0n) is 13.0. The van der Waals surface area contributed by atoms with Crippen molar-refractivity contribution in [3.05, 3.63) is 53.9 Å². The van der Waals surface area contributed by atoms with Crippen LogP contribution in [0.1, 0.15) is 44.9 Å². The van der Waals surface area contributed by atoms with E-state index in [9.17, 15) is 4.57 Å². The van der Waals surface area contributed by atoms with Gasteiger partial charge >= 0.3 is 0 Å². The van der Waals surface area contributed by atoms with Crippen molar-refractivity contribution in [2.45, 2.75) is 55.4 Å². The molecule has 1 aromatic carbocycles. The van der Waals surface area contributed by atoms with Crippen LogP contribution >= 0.6 is 23.1 Å². The van der Waals surface area contributed by atoms with Gasteiger partial charge < -0.3 is 4.57 Å². The minimum Gasteiger partial charge on any atom is -0.314 e. The summed E-state index contributed by atoms with van der Waals surface area (Å²) >= 11 is 3.77. The highest BCUT2D eigenvalue weighted by atomic mass is 79.9. The second kappa shape index (κ2) is 7.32. The highest BCUT2D eigenvalue weighted by Crippen LogP contribution is 2.62. The molecule has 22 heavy (non-hydrogen) atoms. The molecule has 1 aromatic rings. The molecule has 3 unspecified atom stereocenters. The Morgan fingerprint density at radius 3 is 2.59 bits per heavy atom. The minimum atomic E-state index is -2.49. The van der Waals surface area contributed by atoms with Gasteiger partial charge in [-0.1, -0.05) is 70.9 Å². The summed E-state index contributed by atoms with van der Waals surface area (Å²) in [7, 11) is -2.49. The van der Waals surface area contributed by atoms with Gasteiger partial charge in [-0.2, -0.15) is 0 Å². The number of allylic oxidation sites excluding steroid dienone is 4. The van der Waals surface area contributed by atoms with Crippen molar-refractivity contribution >= 4 is 28.4 Å². The average Bonchev–Trinajstić information content (AvgIpc) is 2.81. The smallest absolute Gasteiger partial charge is 0.142 e. The molecule has 2 aliphatic rings. The van der Waals surface area contributed by atoms with E-state index in [4.69, 9.17) is 0 Å². The van der Waals surface area contributed by atoms with Crippen molar-refractivity contribution in [3.8, 4) is 0 Å². The highest BCUT2D eigenvalue weighted by Gasteiger charge is 2.38. The topological polar surface area (TPSA) is 17.1 Å². The normalized spacial score (nSPS) is 28.5. The lowest BCUT2D eigenvalue weighted by atomic mass is 10.2. The predicted molar refractivity (Wildman–Crippen MR) is 99.7 cm³/mol. The summed E-state index contributed by atoms with van der Waals surface area (Å²) in [5.41, 5.74) is 0.315. The second-order valence-electron chi connectivity index (χ2n) is 6.38. The van der Waals surface area contributed by atoms with E-state index in [1.54, 1.807) is 0 Å². The van der Waals surface area contributed by atoms with Crippen molar-refractivity contribution < 1.29 is 4.57 Å². The van der Waals surface area contributed by atoms with Gasteiger partial charge in [-0.15, -0.1) is 0 Å². The molecule has 2 aliphatic carbocycles. The maximum Gasteiger partial charge on any atom is 0.142 e. The van der Waals surface area contributed by atoms with Gasteiger partial charge in [0.2, 0.25) is 0 Å². The zero-order chi connectivity index (χ0) is 15.4. The predicted octanol–water partition coefficient (Wildman–Crippen LogP) is 6.01. The molecule has 0 spiro atoms. The fourth-order valence-corrected chi connectivity index (χ4v) is 7.98. The van der Waals surface area contributed by atoms with Crippen LogP contribution in [-0.4, -0.2) is 10.5 Å². The maximum atomic E-state index is 14.3. The first kappa shape index (κ1) is 16.3. The van der Waals surface area contributed by atoms with E-state index in [-0.39, 0.29) is 0 Å². The molecule has 118 valence electrons. The van der Waals surface area contributed by atoms with Gasteiger partial charge in [0, 0.05) is 15.8 Å². The summed E-state index contributed by atoms with van der Waals surface area (Å²) in [5, 5.41) is 2.26. The number of halogens is 1. The first-order chi connectivity index (χ1) is 10.7. The fourth-order valence-electron chi connectivity index (χ4n) is 3.73. The summed E-state index contributed by atoms with van der Waals surface area (Å²) in [6.45, 7) is 0. The second-order valence-corrected chi connectivity index (χ2v) is 10.8. The molecule has 1 nitrogen and oxygen atoms in total. The third-order valence-electron chi connectivity index (χ3n) is 4.94. The Hall–Kier alpha value is -0.590. The van der Waals surface area contributed by atoms with E-state index in [2.05, 4.69) is 46.3 Å². The van der Waals surface area contributed by atoms with E-state index in [0.717, 1.165) is 37.4 Å². The van der Waals surface area contributed by atoms with Crippen molar-refractivity contribution in [2.75, 3.05) is 0 Å². The Morgan fingerprint density at radius 2 is 1.86 bits per heavy atom. The monoisotopic (exact) mass is 378 g/mol. The van der Waals surface area contributed by atoms with Crippen LogP contribution in [0.5, 0.6) is 0 Å². The van der Waals surface area contributed by atoms with Crippen LogP contribution in [0.4, 0.5) is 0 Å². The van der Waals surface area contributed by atoms with E-state index in [0.29, 0.717) is 10.5 Å². The van der Waals surface area contributed by atoms with E-state index >= 15 is 0 Å². The van der Waals surface area contributed by atoms with Crippen LogP contribution in [0.15, 0.2) is 53.9 Å². The van der Waals surface area contributed by atoms with Crippen LogP contribution < -0.4 is 5.30 Å². The molecule has 0 radical (unpaired) electrons. The molecule has 0 heterocycles. The van der Waals surface area contributed by atoms with Crippen LogP contribution in [0.2, 0.25) is 0 Å². The molecule has 0 bridgehead atoms. The quantitative estimate of drug-likeness (QED) is 0.357. The number of hydrogen-bond donors (Lipinski definition) is 0. The van der Waals surface area contributed by atoms with Gasteiger partial charge in [0.1, 0.15) is 7.14 Å². The Bertz CT molecular complexity index is 605. The van der Waals surface area contributed by atoms with Gasteiger partial charge in [0.05, 0.1) is 0 Å². The van der Waals surface area contributed by atoms with E-state index < -0.39 is 7.14 Å². The Balaban J connectivity index is 2.01. The van der Waals surface area contributed by atoms with Crippen molar-refractivity contribution in [2.24, 2.45) is 0 Å². The largest absolute Gasteiger partial charge is 0.314 e. The zero-order valence-corrected chi connectivity index (χ0v) is 15.4. The summed E-state index contributed by atoms with van der Waals surface area (Å²) in [6, 6.07) is 10.2. The van der Waals surface area contributed by atoms with Crippen LogP contribution in [0.25, 0.3) is 0 Å². The molecule has 1 fully saturated rings. The molecular formula is C19H24BrOP. The molecule has 3 atom stereocenters.